The van der Waals surface area contributed by atoms with Gasteiger partial charge in [0.25, 0.3) is 11.8 Å². The Balaban J connectivity index is 1.26. The average Bonchev–Trinajstić information content (AvgIpc) is 2.92. The Labute approximate surface area is 229 Å². The van der Waals surface area contributed by atoms with E-state index in [1.807, 2.05) is 53.4 Å². The first-order valence-electron chi connectivity index (χ1n) is 12.6. The zero-order chi connectivity index (χ0) is 27.3. The molecule has 4 rings (SSSR count). The van der Waals surface area contributed by atoms with Crippen molar-refractivity contribution in [2.45, 2.75) is 26.2 Å². The molecule has 0 aromatic heterocycles. The molecule has 7 nitrogen and oxygen atoms in total. The maximum atomic E-state index is 13.0. The van der Waals surface area contributed by atoms with Gasteiger partial charge in [-0.3, -0.25) is 9.59 Å². The Morgan fingerprint density at radius 1 is 0.921 bits per heavy atom. The number of ether oxygens (including phenoxy) is 2. The van der Waals surface area contributed by atoms with Gasteiger partial charge in [0, 0.05) is 42.6 Å². The summed E-state index contributed by atoms with van der Waals surface area (Å²) in [7, 11) is 1.54. The van der Waals surface area contributed by atoms with Gasteiger partial charge in [-0.15, -0.1) is 0 Å². The summed E-state index contributed by atoms with van der Waals surface area (Å²) in [6.07, 6.45) is 0. The number of amides is 2. The van der Waals surface area contributed by atoms with E-state index in [2.05, 4.69) is 31.0 Å². The minimum Gasteiger partial charge on any atom is -0.496 e. The van der Waals surface area contributed by atoms with Crippen LogP contribution in [-0.2, 0) is 10.2 Å². The third kappa shape index (κ3) is 6.78. The monoisotopic (exact) mass is 535 g/mol. The van der Waals surface area contributed by atoms with Gasteiger partial charge >= 0.3 is 0 Å². The number of halogens is 1. The summed E-state index contributed by atoms with van der Waals surface area (Å²) < 4.78 is 11.0. The molecule has 1 aliphatic heterocycles. The second-order valence-corrected chi connectivity index (χ2v) is 10.7. The predicted molar refractivity (Wildman–Crippen MR) is 152 cm³/mol. The van der Waals surface area contributed by atoms with E-state index in [0.717, 1.165) is 5.69 Å². The number of carbonyl (C=O) groups excluding carboxylic acids is 2. The summed E-state index contributed by atoms with van der Waals surface area (Å²) in [4.78, 5) is 29.5. The molecule has 8 heteroatoms. The Kier molecular flexibility index (Phi) is 8.47. The molecule has 2 amide bonds. The highest BCUT2D eigenvalue weighted by molar-refractivity contribution is 6.31. The molecule has 1 fully saturated rings. The first-order valence-corrected chi connectivity index (χ1v) is 13.0. The van der Waals surface area contributed by atoms with Gasteiger partial charge in [0.2, 0.25) is 0 Å². The minimum atomic E-state index is -0.221. The van der Waals surface area contributed by atoms with E-state index in [0.29, 0.717) is 54.0 Å². The van der Waals surface area contributed by atoms with Crippen LogP contribution in [0, 0.1) is 0 Å². The topological polar surface area (TPSA) is 71.1 Å². The fourth-order valence-electron chi connectivity index (χ4n) is 4.34. The lowest BCUT2D eigenvalue weighted by Crippen LogP contribution is -2.48. The van der Waals surface area contributed by atoms with Crippen LogP contribution in [0.2, 0.25) is 5.02 Å². The predicted octanol–water partition coefficient (Wildman–Crippen LogP) is 5.63. The minimum absolute atomic E-state index is 0.0655. The molecule has 0 atom stereocenters. The zero-order valence-corrected chi connectivity index (χ0v) is 23.0. The lowest BCUT2D eigenvalue weighted by atomic mass is 9.87. The number of carbonyl (C=O) groups is 2. The molecule has 1 heterocycles. The molecule has 0 aliphatic carbocycles. The first-order chi connectivity index (χ1) is 18.1. The molecular weight excluding hydrogens is 502 g/mol. The Morgan fingerprint density at radius 3 is 2.18 bits per heavy atom. The molecule has 0 saturated carbocycles. The smallest absolute Gasteiger partial charge is 0.262 e. The van der Waals surface area contributed by atoms with Gasteiger partial charge in [0.15, 0.2) is 6.61 Å². The third-order valence-corrected chi connectivity index (χ3v) is 6.80. The van der Waals surface area contributed by atoms with Crippen LogP contribution in [0.3, 0.4) is 0 Å². The molecule has 1 aliphatic rings. The third-order valence-electron chi connectivity index (χ3n) is 6.57. The van der Waals surface area contributed by atoms with Gasteiger partial charge < -0.3 is 24.6 Å². The van der Waals surface area contributed by atoms with Crippen molar-refractivity contribution in [3.8, 4) is 11.5 Å². The number of piperazine rings is 1. The zero-order valence-electron chi connectivity index (χ0n) is 22.3. The number of rotatable bonds is 7. The van der Waals surface area contributed by atoms with Crippen LogP contribution in [0.15, 0.2) is 66.7 Å². The van der Waals surface area contributed by atoms with Gasteiger partial charge in [-0.1, -0.05) is 44.5 Å². The number of benzene rings is 3. The van der Waals surface area contributed by atoms with Crippen LogP contribution < -0.4 is 19.7 Å². The number of anilines is 2. The molecule has 0 unspecified atom stereocenters. The summed E-state index contributed by atoms with van der Waals surface area (Å²) in [6, 6.07) is 20.6. The van der Waals surface area contributed by atoms with E-state index in [1.54, 1.807) is 25.3 Å². The van der Waals surface area contributed by atoms with E-state index >= 15 is 0 Å². The summed E-state index contributed by atoms with van der Waals surface area (Å²) >= 11 is 6.10. The van der Waals surface area contributed by atoms with Crippen molar-refractivity contribution in [1.29, 1.82) is 0 Å². The largest absolute Gasteiger partial charge is 0.496 e. The normalized spacial score (nSPS) is 13.7. The van der Waals surface area contributed by atoms with E-state index in [-0.39, 0.29) is 23.8 Å². The van der Waals surface area contributed by atoms with Crippen LogP contribution >= 0.6 is 11.6 Å². The molecular formula is C30H34ClN3O4. The molecule has 3 aromatic rings. The number of nitrogens with one attached hydrogen (secondary N) is 1. The van der Waals surface area contributed by atoms with Crippen molar-refractivity contribution in [3.63, 3.8) is 0 Å². The number of nitrogens with zero attached hydrogens (tertiary/aromatic N) is 2. The lowest BCUT2D eigenvalue weighted by Gasteiger charge is -2.36. The Morgan fingerprint density at radius 2 is 1.58 bits per heavy atom. The SMILES string of the molecule is COc1ccc(Cl)cc1C(=O)N1CCN(c2ccc(NC(=O)COc3ccc(C(C)(C)C)cc3)cc2)CC1. The van der Waals surface area contributed by atoms with Crippen molar-refractivity contribution in [3.05, 3.63) is 82.9 Å². The maximum Gasteiger partial charge on any atom is 0.262 e. The van der Waals surface area contributed by atoms with Crippen molar-refractivity contribution in [1.82, 2.24) is 4.90 Å². The fraction of sp³-hybridized carbons (Fsp3) is 0.333. The highest BCUT2D eigenvalue weighted by Gasteiger charge is 2.25. The van der Waals surface area contributed by atoms with Crippen molar-refractivity contribution >= 4 is 34.8 Å². The number of hydrogen-bond donors (Lipinski definition) is 1. The summed E-state index contributed by atoms with van der Waals surface area (Å²) in [5.41, 5.74) is 3.49. The van der Waals surface area contributed by atoms with E-state index < -0.39 is 0 Å². The standard InChI is InChI=1S/C30H34ClN3O4/c1-30(2,3)21-5-12-25(13-6-21)38-20-28(35)32-23-8-10-24(11-9-23)33-15-17-34(18-16-33)29(36)26-19-22(31)7-14-27(26)37-4/h5-14,19H,15-18,20H2,1-4H3,(H,32,35). The van der Waals surface area contributed by atoms with Crippen molar-refractivity contribution in [2.24, 2.45) is 0 Å². The molecule has 0 spiro atoms. The van der Waals surface area contributed by atoms with E-state index in [4.69, 9.17) is 21.1 Å². The summed E-state index contributed by atoms with van der Waals surface area (Å²) in [5, 5.41) is 3.38. The highest BCUT2D eigenvalue weighted by atomic mass is 35.5. The van der Waals surface area contributed by atoms with Crippen LogP contribution in [0.25, 0.3) is 0 Å². The van der Waals surface area contributed by atoms with Gasteiger partial charge in [-0.25, -0.2) is 0 Å². The highest BCUT2D eigenvalue weighted by Crippen LogP contribution is 2.26. The number of methoxy groups -OCH3 is 1. The van der Waals surface area contributed by atoms with E-state index in [1.165, 1.54) is 5.56 Å². The van der Waals surface area contributed by atoms with Crippen LogP contribution in [0.1, 0.15) is 36.7 Å². The quantitative estimate of drug-likeness (QED) is 0.425. The molecule has 0 bridgehead atoms. The van der Waals surface area contributed by atoms with Crippen LogP contribution in [0.5, 0.6) is 11.5 Å². The fourth-order valence-corrected chi connectivity index (χ4v) is 4.51. The molecule has 3 aromatic carbocycles. The van der Waals surface area contributed by atoms with Gasteiger partial charge in [0.05, 0.1) is 12.7 Å². The molecule has 1 saturated heterocycles. The molecule has 38 heavy (non-hydrogen) atoms. The van der Waals surface area contributed by atoms with Gasteiger partial charge in [-0.05, 0) is 65.6 Å². The second-order valence-electron chi connectivity index (χ2n) is 10.3. The summed E-state index contributed by atoms with van der Waals surface area (Å²) in [6.45, 7) is 8.96. The van der Waals surface area contributed by atoms with Gasteiger partial charge in [0.1, 0.15) is 11.5 Å². The van der Waals surface area contributed by atoms with Crippen LogP contribution in [-0.4, -0.2) is 56.6 Å². The molecule has 200 valence electrons. The second kappa shape index (κ2) is 11.8. The lowest BCUT2D eigenvalue weighted by molar-refractivity contribution is -0.118. The number of hydrogen-bond acceptors (Lipinski definition) is 5. The van der Waals surface area contributed by atoms with E-state index in [9.17, 15) is 9.59 Å². The first kappa shape index (κ1) is 27.3. The maximum absolute atomic E-state index is 13.0. The molecule has 0 radical (unpaired) electrons. The molecule has 1 N–H and O–H groups in total. The summed E-state index contributed by atoms with van der Waals surface area (Å²) in [5.74, 6) is 0.869. The van der Waals surface area contributed by atoms with Gasteiger partial charge in [-0.2, -0.15) is 0 Å². The Bertz CT molecular complexity index is 1260. The Hall–Kier alpha value is -3.71. The average molecular weight is 536 g/mol. The van der Waals surface area contributed by atoms with Crippen molar-refractivity contribution in [2.75, 3.05) is 50.1 Å². The van der Waals surface area contributed by atoms with Crippen LogP contribution in [0.4, 0.5) is 11.4 Å². The van der Waals surface area contributed by atoms with Crippen molar-refractivity contribution < 1.29 is 19.1 Å².